The van der Waals surface area contributed by atoms with Crippen LogP contribution < -0.4 is 5.32 Å². The fourth-order valence-corrected chi connectivity index (χ4v) is 2.92. The molecule has 0 unspecified atom stereocenters. The Kier molecular flexibility index (Phi) is 3.94. The SMILES string of the molecule is CCNc1cc(C2(C(=O)OC)CC(C)C2)nc(Cl)n1. The van der Waals surface area contributed by atoms with Gasteiger partial charge in [-0.25, -0.2) is 9.97 Å². The molecule has 0 aromatic carbocycles. The Hall–Kier alpha value is -1.36. The molecule has 0 spiro atoms. The maximum atomic E-state index is 12.1. The molecule has 1 aliphatic carbocycles. The summed E-state index contributed by atoms with van der Waals surface area (Å²) < 4.78 is 4.94. The first-order valence-electron chi connectivity index (χ1n) is 6.39. The van der Waals surface area contributed by atoms with Gasteiger partial charge in [0.2, 0.25) is 5.28 Å². The lowest BCUT2D eigenvalue weighted by molar-refractivity contribution is -0.153. The van der Waals surface area contributed by atoms with E-state index in [1.807, 2.05) is 6.92 Å². The van der Waals surface area contributed by atoms with Gasteiger partial charge in [0.15, 0.2) is 0 Å². The van der Waals surface area contributed by atoms with Crippen LogP contribution in [0.2, 0.25) is 5.28 Å². The van der Waals surface area contributed by atoms with E-state index >= 15 is 0 Å². The molecule has 2 rings (SSSR count). The highest BCUT2D eigenvalue weighted by Gasteiger charge is 2.52. The lowest BCUT2D eigenvalue weighted by Crippen LogP contribution is -2.48. The second kappa shape index (κ2) is 5.33. The molecule has 0 aliphatic heterocycles. The average molecular weight is 284 g/mol. The number of methoxy groups -OCH3 is 1. The van der Waals surface area contributed by atoms with Crippen LogP contribution in [0, 0.1) is 5.92 Å². The Morgan fingerprint density at radius 2 is 2.26 bits per heavy atom. The Balaban J connectivity index is 2.40. The van der Waals surface area contributed by atoms with Crippen LogP contribution in [-0.4, -0.2) is 29.6 Å². The van der Waals surface area contributed by atoms with Crippen molar-refractivity contribution in [2.24, 2.45) is 5.92 Å². The molecule has 0 saturated heterocycles. The average Bonchev–Trinajstić information content (AvgIpc) is 2.33. The van der Waals surface area contributed by atoms with Crippen molar-refractivity contribution in [3.05, 3.63) is 17.0 Å². The molecule has 1 aromatic heterocycles. The summed E-state index contributed by atoms with van der Waals surface area (Å²) in [6.07, 6.45) is 1.47. The highest BCUT2D eigenvalue weighted by atomic mass is 35.5. The zero-order valence-electron chi connectivity index (χ0n) is 11.4. The molecule has 104 valence electrons. The summed E-state index contributed by atoms with van der Waals surface area (Å²) in [7, 11) is 1.40. The quantitative estimate of drug-likeness (QED) is 0.679. The van der Waals surface area contributed by atoms with E-state index < -0.39 is 5.41 Å². The molecular weight excluding hydrogens is 266 g/mol. The first-order chi connectivity index (χ1) is 9.01. The van der Waals surface area contributed by atoms with E-state index in [2.05, 4.69) is 22.2 Å². The first-order valence-corrected chi connectivity index (χ1v) is 6.77. The summed E-state index contributed by atoms with van der Waals surface area (Å²) in [5.74, 6) is 0.874. The van der Waals surface area contributed by atoms with Crippen LogP contribution in [0.15, 0.2) is 6.07 Å². The van der Waals surface area contributed by atoms with Gasteiger partial charge in [-0.05, 0) is 37.3 Å². The van der Waals surface area contributed by atoms with E-state index in [9.17, 15) is 4.79 Å². The van der Waals surface area contributed by atoms with Crippen LogP contribution in [0.4, 0.5) is 5.82 Å². The van der Waals surface area contributed by atoms with Crippen LogP contribution in [0.5, 0.6) is 0 Å². The Labute approximate surface area is 117 Å². The minimum Gasteiger partial charge on any atom is -0.468 e. The number of nitrogens with zero attached hydrogens (tertiary/aromatic N) is 2. The molecule has 5 nitrogen and oxygen atoms in total. The number of carbonyl (C=O) groups excluding carboxylic acids is 1. The van der Waals surface area contributed by atoms with Crippen molar-refractivity contribution >= 4 is 23.4 Å². The van der Waals surface area contributed by atoms with Gasteiger partial charge in [0.1, 0.15) is 11.2 Å². The van der Waals surface area contributed by atoms with Crippen LogP contribution >= 0.6 is 11.6 Å². The van der Waals surface area contributed by atoms with Gasteiger partial charge in [0.05, 0.1) is 12.8 Å². The van der Waals surface area contributed by atoms with Gasteiger partial charge in [-0.3, -0.25) is 4.79 Å². The predicted octanol–water partition coefficient (Wildman–Crippen LogP) is 2.40. The molecule has 6 heteroatoms. The first kappa shape index (κ1) is 14.1. The molecule has 1 aromatic rings. The molecule has 1 fully saturated rings. The van der Waals surface area contributed by atoms with Gasteiger partial charge < -0.3 is 10.1 Å². The van der Waals surface area contributed by atoms with Crippen molar-refractivity contribution < 1.29 is 9.53 Å². The van der Waals surface area contributed by atoms with Gasteiger partial charge >= 0.3 is 5.97 Å². The van der Waals surface area contributed by atoms with Crippen molar-refractivity contribution in [3.63, 3.8) is 0 Å². The minimum absolute atomic E-state index is 0.149. The number of halogens is 1. The smallest absolute Gasteiger partial charge is 0.317 e. The van der Waals surface area contributed by atoms with Crippen molar-refractivity contribution in [2.45, 2.75) is 32.1 Å². The third-order valence-electron chi connectivity index (χ3n) is 3.52. The molecule has 0 bridgehead atoms. The summed E-state index contributed by atoms with van der Waals surface area (Å²) in [6, 6.07) is 1.79. The summed E-state index contributed by atoms with van der Waals surface area (Å²) >= 11 is 5.94. The van der Waals surface area contributed by atoms with E-state index in [0.717, 1.165) is 19.4 Å². The number of anilines is 1. The molecule has 0 atom stereocenters. The molecule has 1 saturated carbocycles. The van der Waals surface area contributed by atoms with E-state index in [0.29, 0.717) is 17.4 Å². The lowest BCUT2D eigenvalue weighted by Gasteiger charge is -2.43. The van der Waals surface area contributed by atoms with Gasteiger partial charge in [-0.2, -0.15) is 0 Å². The summed E-state index contributed by atoms with van der Waals surface area (Å²) in [5.41, 5.74) is -0.0151. The van der Waals surface area contributed by atoms with Crippen molar-refractivity contribution in [1.82, 2.24) is 9.97 Å². The fourth-order valence-electron chi connectivity index (χ4n) is 2.74. The molecule has 1 aliphatic rings. The van der Waals surface area contributed by atoms with Crippen molar-refractivity contribution in [3.8, 4) is 0 Å². The molecule has 0 radical (unpaired) electrons. The number of rotatable bonds is 4. The van der Waals surface area contributed by atoms with Gasteiger partial charge in [0.25, 0.3) is 0 Å². The van der Waals surface area contributed by atoms with E-state index in [4.69, 9.17) is 16.3 Å². The third kappa shape index (κ3) is 2.52. The molecule has 19 heavy (non-hydrogen) atoms. The van der Waals surface area contributed by atoms with Crippen LogP contribution in [0.3, 0.4) is 0 Å². The largest absolute Gasteiger partial charge is 0.468 e. The molecule has 0 amide bonds. The zero-order valence-corrected chi connectivity index (χ0v) is 12.1. The number of ether oxygens (including phenoxy) is 1. The number of hydrogen-bond donors (Lipinski definition) is 1. The summed E-state index contributed by atoms with van der Waals surface area (Å²) in [6.45, 7) is 4.81. The van der Waals surface area contributed by atoms with Crippen LogP contribution in [-0.2, 0) is 14.9 Å². The third-order valence-corrected chi connectivity index (χ3v) is 3.69. The number of aromatic nitrogens is 2. The number of carbonyl (C=O) groups is 1. The van der Waals surface area contributed by atoms with E-state index in [1.54, 1.807) is 6.07 Å². The summed E-state index contributed by atoms with van der Waals surface area (Å²) in [4.78, 5) is 20.4. The Morgan fingerprint density at radius 1 is 1.58 bits per heavy atom. The van der Waals surface area contributed by atoms with Crippen molar-refractivity contribution in [2.75, 3.05) is 19.0 Å². The second-order valence-electron chi connectivity index (χ2n) is 5.02. The highest BCUT2D eigenvalue weighted by Crippen LogP contribution is 2.48. The predicted molar refractivity (Wildman–Crippen MR) is 73.3 cm³/mol. The molecular formula is C13H18ClN3O2. The maximum absolute atomic E-state index is 12.1. The number of nitrogens with one attached hydrogen (secondary N) is 1. The molecule has 1 N–H and O–H groups in total. The maximum Gasteiger partial charge on any atom is 0.317 e. The number of esters is 1. The lowest BCUT2D eigenvalue weighted by atomic mass is 9.60. The van der Waals surface area contributed by atoms with Crippen molar-refractivity contribution in [1.29, 1.82) is 0 Å². The van der Waals surface area contributed by atoms with Gasteiger partial charge in [0, 0.05) is 12.6 Å². The van der Waals surface area contributed by atoms with Crippen LogP contribution in [0.25, 0.3) is 0 Å². The topological polar surface area (TPSA) is 64.1 Å². The molecule has 1 heterocycles. The minimum atomic E-state index is -0.662. The second-order valence-corrected chi connectivity index (χ2v) is 5.36. The standard InChI is InChI=1S/C13H18ClN3O2/c1-4-15-10-5-9(16-12(14)17-10)13(11(18)19-3)6-8(2)7-13/h5,8H,4,6-7H2,1-3H3,(H,15,16,17). The van der Waals surface area contributed by atoms with Gasteiger partial charge in [-0.15, -0.1) is 0 Å². The number of hydrogen-bond acceptors (Lipinski definition) is 5. The monoisotopic (exact) mass is 283 g/mol. The van der Waals surface area contributed by atoms with E-state index in [1.165, 1.54) is 7.11 Å². The Morgan fingerprint density at radius 3 is 2.79 bits per heavy atom. The van der Waals surface area contributed by atoms with Crippen LogP contribution in [0.1, 0.15) is 32.4 Å². The highest BCUT2D eigenvalue weighted by molar-refractivity contribution is 6.28. The van der Waals surface area contributed by atoms with Gasteiger partial charge in [-0.1, -0.05) is 6.92 Å². The zero-order chi connectivity index (χ0) is 14.0. The Bertz CT molecular complexity index is 487. The summed E-state index contributed by atoms with van der Waals surface area (Å²) in [5, 5.41) is 3.24. The van der Waals surface area contributed by atoms with E-state index in [-0.39, 0.29) is 11.3 Å². The fraction of sp³-hybridized carbons (Fsp3) is 0.615. The normalized spacial score (nSPS) is 25.6.